The highest BCUT2D eigenvalue weighted by Crippen LogP contribution is 2.14. The SMILES string of the molecule is Cn1c(=O)n(C)c2cc(CNC(=O)c3cccc(N)n3)ccc21. The van der Waals surface area contributed by atoms with Crippen molar-refractivity contribution in [2.24, 2.45) is 14.1 Å². The number of aryl methyl sites for hydroxylation is 2. The van der Waals surface area contributed by atoms with E-state index in [2.05, 4.69) is 10.3 Å². The molecule has 0 saturated heterocycles. The number of hydrogen-bond acceptors (Lipinski definition) is 4. The summed E-state index contributed by atoms with van der Waals surface area (Å²) in [5, 5.41) is 2.80. The van der Waals surface area contributed by atoms with Gasteiger partial charge in [-0.2, -0.15) is 0 Å². The first kappa shape index (κ1) is 14.8. The number of nitrogens with two attached hydrogens (primary N) is 1. The highest BCUT2D eigenvalue weighted by atomic mass is 16.2. The summed E-state index contributed by atoms with van der Waals surface area (Å²) >= 11 is 0. The summed E-state index contributed by atoms with van der Waals surface area (Å²) in [6, 6.07) is 10.6. The van der Waals surface area contributed by atoms with Gasteiger partial charge in [-0.15, -0.1) is 0 Å². The Balaban J connectivity index is 1.81. The molecule has 1 amide bonds. The van der Waals surface area contributed by atoms with Crippen molar-refractivity contribution >= 4 is 22.8 Å². The average Bonchev–Trinajstić information content (AvgIpc) is 2.77. The number of anilines is 1. The number of aromatic nitrogens is 3. The largest absolute Gasteiger partial charge is 0.384 e. The van der Waals surface area contributed by atoms with E-state index in [-0.39, 0.29) is 17.3 Å². The lowest BCUT2D eigenvalue weighted by Gasteiger charge is -2.06. The molecule has 0 aliphatic heterocycles. The van der Waals surface area contributed by atoms with Gasteiger partial charge in [0.2, 0.25) is 0 Å². The molecule has 2 heterocycles. The predicted octanol–water partition coefficient (Wildman–Crippen LogP) is 0.784. The Labute approximate surface area is 132 Å². The van der Waals surface area contributed by atoms with Crippen LogP contribution < -0.4 is 16.7 Å². The number of nitrogens with one attached hydrogen (secondary N) is 1. The summed E-state index contributed by atoms with van der Waals surface area (Å²) in [5.74, 6) is 0.0118. The Morgan fingerprint density at radius 2 is 1.91 bits per heavy atom. The molecular formula is C16H17N5O2. The van der Waals surface area contributed by atoms with Crippen molar-refractivity contribution in [3.8, 4) is 0 Å². The minimum Gasteiger partial charge on any atom is -0.384 e. The molecule has 0 aliphatic rings. The minimum atomic E-state index is -0.292. The second-order valence-corrected chi connectivity index (χ2v) is 5.35. The fourth-order valence-corrected chi connectivity index (χ4v) is 2.51. The lowest BCUT2D eigenvalue weighted by atomic mass is 10.2. The van der Waals surface area contributed by atoms with Crippen LogP contribution in [0, 0.1) is 0 Å². The average molecular weight is 311 g/mol. The van der Waals surface area contributed by atoms with Gasteiger partial charge in [0.15, 0.2) is 0 Å². The first-order valence-corrected chi connectivity index (χ1v) is 7.12. The maximum Gasteiger partial charge on any atom is 0.328 e. The molecule has 7 nitrogen and oxygen atoms in total. The molecule has 118 valence electrons. The summed E-state index contributed by atoms with van der Waals surface area (Å²) in [4.78, 5) is 28.0. The number of fused-ring (bicyclic) bond motifs is 1. The van der Waals surface area contributed by atoms with Crippen LogP contribution in [0.2, 0.25) is 0 Å². The Kier molecular flexibility index (Phi) is 3.61. The maximum atomic E-state index is 12.1. The molecule has 2 aromatic heterocycles. The maximum absolute atomic E-state index is 12.1. The van der Waals surface area contributed by atoms with Gasteiger partial charge in [-0.3, -0.25) is 13.9 Å². The Morgan fingerprint density at radius 1 is 1.17 bits per heavy atom. The molecular weight excluding hydrogens is 294 g/mol. The Hall–Kier alpha value is -3.09. The number of nitrogens with zero attached hydrogens (tertiary/aromatic N) is 3. The smallest absolute Gasteiger partial charge is 0.328 e. The van der Waals surface area contributed by atoms with E-state index in [0.29, 0.717) is 12.4 Å². The lowest BCUT2D eigenvalue weighted by molar-refractivity contribution is 0.0946. The summed E-state index contributed by atoms with van der Waals surface area (Å²) in [7, 11) is 3.46. The molecule has 0 saturated carbocycles. The van der Waals surface area contributed by atoms with Gasteiger partial charge in [-0.1, -0.05) is 12.1 Å². The molecule has 0 spiro atoms. The van der Waals surface area contributed by atoms with Crippen molar-refractivity contribution < 1.29 is 4.79 Å². The van der Waals surface area contributed by atoms with Crippen LogP contribution in [0.15, 0.2) is 41.2 Å². The van der Waals surface area contributed by atoms with Crippen LogP contribution in [-0.2, 0) is 20.6 Å². The number of imidazole rings is 1. The topological polar surface area (TPSA) is 94.9 Å². The number of benzene rings is 1. The van der Waals surface area contributed by atoms with Crippen molar-refractivity contribution in [1.82, 2.24) is 19.4 Å². The molecule has 0 bridgehead atoms. The van der Waals surface area contributed by atoms with Crippen LogP contribution in [0.4, 0.5) is 5.82 Å². The molecule has 23 heavy (non-hydrogen) atoms. The van der Waals surface area contributed by atoms with Crippen LogP contribution in [0.25, 0.3) is 11.0 Å². The van der Waals surface area contributed by atoms with Gasteiger partial charge in [0.1, 0.15) is 11.5 Å². The number of pyridine rings is 1. The van der Waals surface area contributed by atoms with E-state index in [1.165, 1.54) is 0 Å². The van der Waals surface area contributed by atoms with Gasteiger partial charge in [0.25, 0.3) is 5.91 Å². The van der Waals surface area contributed by atoms with Gasteiger partial charge >= 0.3 is 5.69 Å². The van der Waals surface area contributed by atoms with Crippen LogP contribution in [-0.4, -0.2) is 20.0 Å². The highest BCUT2D eigenvalue weighted by Gasteiger charge is 2.10. The van der Waals surface area contributed by atoms with Gasteiger partial charge in [0, 0.05) is 20.6 Å². The molecule has 3 rings (SSSR count). The minimum absolute atomic E-state index is 0.0786. The van der Waals surface area contributed by atoms with Gasteiger partial charge in [0.05, 0.1) is 11.0 Å². The number of nitrogen functional groups attached to an aromatic ring is 1. The molecule has 0 fully saturated rings. The molecule has 3 aromatic rings. The zero-order valence-electron chi connectivity index (χ0n) is 12.9. The quantitative estimate of drug-likeness (QED) is 0.747. The summed E-state index contributed by atoms with van der Waals surface area (Å²) in [6.45, 7) is 0.342. The second kappa shape index (κ2) is 5.60. The van der Waals surface area contributed by atoms with Gasteiger partial charge in [-0.05, 0) is 29.8 Å². The standard InChI is InChI=1S/C16H17N5O2/c1-20-12-7-6-10(8-13(12)21(2)16(20)23)9-18-15(22)11-4-3-5-14(17)19-11/h3-8H,9H2,1-2H3,(H2,17,19)(H,18,22). The molecule has 0 aliphatic carbocycles. The molecule has 0 radical (unpaired) electrons. The van der Waals surface area contributed by atoms with Crippen molar-refractivity contribution in [3.05, 3.63) is 58.1 Å². The van der Waals surface area contributed by atoms with Gasteiger partial charge < -0.3 is 11.1 Å². The number of hydrogen-bond donors (Lipinski definition) is 2. The first-order valence-electron chi connectivity index (χ1n) is 7.12. The number of amides is 1. The Bertz CT molecular complexity index is 955. The number of carbonyl (C=O) groups excluding carboxylic acids is 1. The zero-order valence-corrected chi connectivity index (χ0v) is 12.9. The van der Waals surface area contributed by atoms with Crippen LogP contribution >= 0.6 is 0 Å². The normalized spacial score (nSPS) is 10.9. The van der Waals surface area contributed by atoms with E-state index in [1.54, 1.807) is 41.4 Å². The first-order chi connectivity index (χ1) is 11.0. The van der Waals surface area contributed by atoms with Crippen molar-refractivity contribution in [2.45, 2.75) is 6.54 Å². The third kappa shape index (κ3) is 2.68. The van der Waals surface area contributed by atoms with Crippen LogP contribution in [0.3, 0.4) is 0 Å². The summed E-state index contributed by atoms with van der Waals surface area (Å²) < 4.78 is 3.18. The molecule has 0 unspecified atom stereocenters. The molecule has 0 atom stereocenters. The Morgan fingerprint density at radius 3 is 2.65 bits per heavy atom. The van der Waals surface area contributed by atoms with E-state index in [0.717, 1.165) is 16.6 Å². The third-order valence-corrected chi connectivity index (χ3v) is 3.79. The fraction of sp³-hybridized carbons (Fsp3) is 0.188. The van der Waals surface area contributed by atoms with Crippen molar-refractivity contribution in [1.29, 1.82) is 0 Å². The lowest BCUT2D eigenvalue weighted by Crippen LogP contribution is -2.24. The third-order valence-electron chi connectivity index (χ3n) is 3.79. The number of rotatable bonds is 3. The van der Waals surface area contributed by atoms with E-state index in [1.807, 2.05) is 18.2 Å². The summed E-state index contributed by atoms with van der Waals surface area (Å²) in [5.41, 5.74) is 8.35. The second-order valence-electron chi connectivity index (χ2n) is 5.35. The van der Waals surface area contributed by atoms with Crippen molar-refractivity contribution in [3.63, 3.8) is 0 Å². The van der Waals surface area contributed by atoms with E-state index < -0.39 is 0 Å². The van der Waals surface area contributed by atoms with E-state index in [4.69, 9.17) is 5.73 Å². The monoisotopic (exact) mass is 311 g/mol. The van der Waals surface area contributed by atoms with E-state index >= 15 is 0 Å². The fourth-order valence-electron chi connectivity index (χ4n) is 2.51. The summed E-state index contributed by atoms with van der Waals surface area (Å²) in [6.07, 6.45) is 0. The molecule has 1 aromatic carbocycles. The van der Waals surface area contributed by atoms with Crippen LogP contribution in [0.5, 0.6) is 0 Å². The predicted molar refractivity (Wildman–Crippen MR) is 88.0 cm³/mol. The van der Waals surface area contributed by atoms with Crippen molar-refractivity contribution in [2.75, 3.05) is 5.73 Å². The van der Waals surface area contributed by atoms with E-state index in [9.17, 15) is 9.59 Å². The molecule has 3 N–H and O–H groups in total. The highest BCUT2D eigenvalue weighted by molar-refractivity contribution is 5.92. The molecule has 7 heteroatoms. The number of carbonyl (C=O) groups is 1. The van der Waals surface area contributed by atoms with Gasteiger partial charge in [-0.25, -0.2) is 9.78 Å². The zero-order chi connectivity index (χ0) is 16.6. The van der Waals surface area contributed by atoms with Crippen LogP contribution in [0.1, 0.15) is 16.1 Å².